The van der Waals surface area contributed by atoms with Crippen molar-refractivity contribution in [1.29, 1.82) is 0 Å². The quantitative estimate of drug-likeness (QED) is 0.229. The van der Waals surface area contributed by atoms with E-state index in [4.69, 9.17) is 10.1 Å². The predicted molar refractivity (Wildman–Crippen MR) is 167 cm³/mol. The number of rotatable bonds is 6. The molecule has 6 aromatic rings. The molecule has 0 bridgehead atoms. The van der Waals surface area contributed by atoms with Gasteiger partial charge in [-0.3, -0.25) is 4.40 Å². The van der Waals surface area contributed by atoms with Gasteiger partial charge in [0.2, 0.25) is 0 Å². The Morgan fingerprint density at radius 2 is 1.60 bits per heavy atom. The number of nitrogens with zero attached hydrogens (tertiary/aromatic N) is 5. The number of anilines is 2. The average Bonchev–Trinajstić information content (AvgIpc) is 3.58. The van der Waals surface area contributed by atoms with Gasteiger partial charge in [0, 0.05) is 23.9 Å². The van der Waals surface area contributed by atoms with Crippen LogP contribution < -0.4 is 5.32 Å². The highest BCUT2D eigenvalue weighted by Crippen LogP contribution is 2.30. The van der Waals surface area contributed by atoms with Gasteiger partial charge in [-0.15, -0.1) is 0 Å². The number of pyridine rings is 2. The average molecular weight is 577 g/mol. The molecule has 6 rings (SSSR count). The second-order valence-electron chi connectivity index (χ2n) is 11.5. The summed E-state index contributed by atoms with van der Waals surface area (Å²) in [6, 6.07) is 27.1. The zero-order valence-corrected chi connectivity index (χ0v) is 25.0. The van der Waals surface area contributed by atoms with E-state index in [0.29, 0.717) is 10.7 Å². The van der Waals surface area contributed by atoms with Gasteiger partial charge < -0.3 is 5.32 Å². The van der Waals surface area contributed by atoms with Gasteiger partial charge in [-0.25, -0.2) is 23.1 Å². The molecule has 0 saturated heterocycles. The molecule has 0 amide bonds. The van der Waals surface area contributed by atoms with Crippen molar-refractivity contribution in [1.82, 2.24) is 24.1 Å². The molecule has 4 aromatic heterocycles. The first-order chi connectivity index (χ1) is 20.0. The van der Waals surface area contributed by atoms with Crippen molar-refractivity contribution in [2.45, 2.75) is 38.0 Å². The van der Waals surface area contributed by atoms with Crippen LogP contribution in [0.25, 0.3) is 33.8 Å². The highest BCUT2D eigenvalue weighted by molar-refractivity contribution is 7.90. The maximum Gasteiger partial charge on any atom is 0.175 e. The van der Waals surface area contributed by atoms with Crippen molar-refractivity contribution in [2.24, 2.45) is 0 Å². The maximum absolute atomic E-state index is 11.8. The molecule has 0 radical (unpaired) electrons. The zero-order chi connectivity index (χ0) is 29.6. The molecule has 0 aliphatic heterocycles. The Hall–Kier alpha value is -4.76. The van der Waals surface area contributed by atoms with Crippen LogP contribution in [0.3, 0.4) is 0 Å². The van der Waals surface area contributed by atoms with Crippen molar-refractivity contribution in [3.05, 3.63) is 109 Å². The van der Waals surface area contributed by atoms with Crippen LogP contribution in [-0.2, 0) is 15.3 Å². The summed E-state index contributed by atoms with van der Waals surface area (Å²) < 4.78 is 27.6. The van der Waals surface area contributed by atoms with Crippen LogP contribution in [0.5, 0.6) is 0 Å². The molecule has 9 heteroatoms. The van der Waals surface area contributed by atoms with E-state index in [9.17, 15) is 8.42 Å². The van der Waals surface area contributed by atoms with E-state index < -0.39 is 9.84 Å². The number of imidazole rings is 1. The molecule has 0 saturated carbocycles. The molecule has 2 aromatic carbocycles. The summed E-state index contributed by atoms with van der Waals surface area (Å²) in [7, 11) is -3.24. The summed E-state index contributed by atoms with van der Waals surface area (Å²) >= 11 is 0. The second kappa shape index (κ2) is 10.3. The SMILES string of the molecule is Cc1ccc(-n2nc(C(C)(C)C)cc2Nc2cccc(-c3cnc4cc(-c5ccc(S(C)(=O)=O)cc5)ccn34)n2)cc1. The number of hydrogen-bond acceptors (Lipinski definition) is 6. The molecular formula is C33H32N6O2S. The summed E-state index contributed by atoms with van der Waals surface area (Å²) in [6.07, 6.45) is 4.98. The summed E-state index contributed by atoms with van der Waals surface area (Å²) in [5.74, 6) is 1.52. The third kappa shape index (κ3) is 5.43. The van der Waals surface area contributed by atoms with Crippen LogP contribution in [0, 0.1) is 6.92 Å². The summed E-state index contributed by atoms with van der Waals surface area (Å²) in [5, 5.41) is 8.41. The maximum atomic E-state index is 11.8. The minimum atomic E-state index is -3.24. The van der Waals surface area contributed by atoms with Gasteiger partial charge in [-0.1, -0.05) is 56.7 Å². The lowest BCUT2D eigenvalue weighted by atomic mass is 9.92. The van der Waals surface area contributed by atoms with E-state index in [1.54, 1.807) is 12.1 Å². The minimum absolute atomic E-state index is 0.118. The Balaban J connectivity index is 1.32. The largest absolute Gasteiger partial charge is 0.325 e. The monoisotopic (exact) mass is 576 g/mol. The first-order valence-corrected chi connectivity index (χ1v) is 15.5. The Morgan fingerprint density at radius 3 is 2.29 bits per heavy atom. The number of aromatic nitrogens is 5. The normalized spacial score (nSPS) is 12.1. The smallest absolute Gasteiger partial charge is 0.175 e. The van der Waals surface area contributed by atoms with E-state index in [0.717, 1.165) is 45.4 Å². The van der Waals surface area contributed by atoms with Crippen LogP contribution >= 0.6 is 0 Å². The van der Waals surface area contributed by atoms with Crippen molar-refractivity contribution < 1.29 is 8.42 Å². The van der Waals surface area contributed by atoms with Gasteiger partial charge in [0.05, 0.1) is 33.9 Å². The van der Waals surface area contributed by atoms with Gasteiger partial charge in [0.15, 0.2) is 9.84 Å². The topological polar surface area (TPSA) is 94.2 Å². The van der Waals surface area contributed by atoms with E-state index in [1.165, 1.54) is 11.8 Å². The molecule has 42 heavy (non-hydrogen) atoms. The highest BCUT2D eigenvalue weighted by atomic mass is 32.2. The van der Waals surface area contributed by atoms with Crippen molar-refractivity contribution in [2.75, 3.05) is 11.6 Å². The number of fused-ring (bicyclic) bond motifs is 1. The van der Waals surface area contributed by atoms with Crippen molar-refractivity contribution >= 4 is 27.1 Å². The summed E-state index contributed by atoms with van der Waals surface area (Å²) in [5.41, 5.74) is 7.28. The standard InChI is InChI=1S/C33H32N6O2S/c1-22-9-13-25(14-10-22)39-32(20-29(37-39)33(2,3)4)36-30-8-6-7-27(35-30)28-21-34-31-19-24(17-18-38(28)31)23-11-15-26(16-12-23)42(5,40)41/h6-21H,1-5H3,(H,35,36). The van der Waals surface area contributed by atoms with Gasteiger partial charge >= 0.3 is 0 Å². The molecular weight excluding hydrogens is 544 g/mol. The van der Waals surface area contributed by atoms with Crippen LogP contribution in [0.1, 0.15) is 32.0 Å². The van der Waals surface area contributed by atoms with E-state index >= 15 is 0 Å². The molecule has 0 aliphatic rings. The second-order valence-corrected chi connectivity index (χ2v) is 13.5. The zero-order valence-electron chi connectivity index (χ0n) is 24.2. The molecule has 1 N–H and O–H groups in total. The Bertz CT molecular complexity index is 2020. The molecule has 0 aliphatic carbocycles. The molecule has 0 atom stereocenters. The number of nitrogens with one attached hydrogen (secondary N) is 1. The lowest BCUT2D eigenvalue weighted by Crippen LogP contribution is -2.12. The number of aryl methyl sites for hydroxylation is 1. The molecule has 0 unspecified atom stereocenters. The minimum Gasteiger partial charge on any atom is -0.325 e. The lowest BCUT2D eigenvalue weighted by molar-refractivity contribution is 0.560. The van der Waals surface area contributed by atoms with E-state index in [2.05, 4.69) is 68.3 Å². The van der Waals surface area contributed by atoms with Crippen molar-refractivity contribution in [3.63, 3.8) is 0 Å². The van der Waals surface area contributed by atoms with Crippen LogP contribution in [0.15, 0.2) is 102 Å². The number of sulfone groups is 1. The van der Waals surface area contributed by atoms with Gasteiger partial charge in [0.25, 0.3) is 0 Å². The fraction of sp³-hybridized carbons (Fsp3) is 0.182. The highest BCUT2D eigenvalue weighted by Gasteiger charge is 2.21. The van der Waals surface area contributed by atoms with Crippen LogP contribution in [0.2, 0.25) is 0 Å². The fourth-order valence-corrected chi connectivity index (χ4v) is 5.37. The summed E-state index contributed by atoms with van der Waals surface area (Å²) in [4.78, 5) is 9.86. The third-order valence-electron chi connectivity index (χ3n) is 7.15. The lowest BCUT2D eigenvalue weighted by Gasteiger charge is -2.14. The van der Waals surface area contributed by atoms with Gasteiger partial charge in [-0.05, 0) is 66.6 Å². The molecule has 0 spiro atoms. The van der Waals surface area contributed by atoms with Gasteiger partial charge in [-0.2, -0.15) is 5.10 Å². The first kappa shape index (κ1) is 27.4. The van der Waals surface area contributed by atoms with Crippen LogP contribution in [-0.4, -0.2) is 38.8 Å². The summed E-state index contributed by atoms with van der Waals surface area (Å²) in [6.45, 7) is 8.52. The van der Waals surface area contributed by atoms with Crippen LogP contribution in [0.4, 0.5) is 11.6 Å². The fourth-order valence-electron chi connectivity index (χ4n) is 4.74. The van der Waals surface area contributed by atoms with Gasteiger partial charge in [0.1, 0.15) is 17.3 Å². The van der Waals surface area contributed by atoms with E-state index in [1.807, 2.05) is 63.9 Å². The Morgan fingerprint density at radius 1 is 0.857 bits per heavy atom. The molecule has 0 fully saturated rings. The van der Waals surface area contributed by atoms with E-state index in [-0.39, 0.29) is 5.41 Å². The predicted octanol–water partition coefficient (Wildman–Crippen LogP) is 7.00. The number of hydrogen-bond donors (Lipinski definition) is 1. The molecule has 4 heterocycles. The molecule has 8 nitrogen and oxygen atoms in total. The number of benzene rings is 2. The Labute approximate surface area is 245 Å². The molecule has 212 valence electrons. The van der Waals surface area contributed by atoms with Crippen molar-refractivity contribution in [3.8, 4) is 28.2 Å². The Kier molecular flexibility index (Phi) is 6.69. The third-order valence-corrected chi connectivity index (χ3v) is 8.28. The first-order valence-electron chi connectivity index (χ1n) is 13.7.